The quantitative estimate of drug-likeness (QED) is 0.641. The lowest BCUT2D eigenvalue weighted by Gasteiger charge is -2.32. The molecule has 0 amide bonds. The summed E-state index contributed by atoms with van der Waals surface area (Å²) in [6.45, 7) is 8.70. The van der Waals surface area contributed by atoms with Crippen LogP contribution in [0.5, 0.6) is 0 Å². The summed E-state index contributed by atoms with van der Waals surface area (Å²) < 4.78 is 51.1. The van der Waals surface area contributed by atoms with Gasteiger partial charge in [-0.2, -0.15) is 13.2 Å². The van der Waals surface area contributed by atoms with Crippen molar-refractivity contribution in [2.45, 2.75) is 52.0 Å². The van der Waals surface area contributed by atoms with Gasteiger partial charge in [0.25, 0.3) is 0 Å². The van der Waals surface area contributed by atoms with E-state index in [2.05, 4.69) is 0 Å². The summed E-state index contributed by atoms with van der Waals surface area (Å²) in [5.41, 5.74) is 4.15. The number of aryl methyl sites for hydroxylation is 1. The Bertz CT molecular complexity index is 554. The first-order valence-corrected chi connectivity index (χ1v) is 6.68. The van der Waals surface area contributed by atoms with Gasteiger partial charge in [-0.3, -0.25) is 0 Å². The van der Waals surface area contributed by atoms with Gasteiger partial charge < -0.3 is 15.0 Å². The molecule has 0 atom stereocenters. The summed E-state index contributed by atoms with van der Waals surface area (Å²) >= 11 is 0. The molecule has 1 aromatic rings. The largest absolute Gasteiger partial charge is 0.495 e. The Balaban J connectivity index is 2.53. The van der Waals surface area contributed by atoms with Crippen LogP contribution < -0.4 is 11.2 Å². The van der Waals surface area contributed by atoms with Gasteiger partial charge in [0, 0.05) is 5.69 Å². The maximum absolute atomic E-state index is 13.2. The summed E-state index contributed by atoms with van der Waals surface area (Å²) in [5, 5.41) is 0. The van der Waals surface area contributed by atoms with Crippen LogP contribution in [-0.2, 0) is 15.5 Å². The fraction of sp³-hybridized carbons (Fsp3) is 0.571. The number of rotatable bonds is 1. The number of nitrogens with two attached hydrogens (primary N) is 1. The van der Waals surface area contributed by atoms with Crippen molar-refractivity contribution in [2.24, 2.45) is 0 Å². The lowest BCUT2D eigenvalue weighted by molar-refractivity contribution is -0.136. The first kappa shape index (κ1) is 16.2. The highest BCUT2D eigenvalue weighted by Crippen LogP contribution is 2.38. The smallest absolute Gasteiger partial charge is 0.399 e. The third kappa shape index (κ3) is 2.76. The molecule has 116 valence electrons. The molecule has 0 aliphatic carbocycles. The second-order valence-electron chi connectivity index (χ2n) is 6.38. The molecular weight excluding hydrogens is 282 g/mol. The third-order valence-corrected chi connectivity index (χ3v) is 4.25. The fourth-order valence-electron chi connectivity index (χ4n) is 2.15. The van der Waals surface area contributed by atoms with E-state index in [0.29, 0.717) is 5.56 Å². The zero-order valence-corrected chi connectivity index (χ0v) is 12.8. The Morgan fingerprint density at radius 2 is 1.52 bits per heavy atom. The summed E-state index contributed by atoms with van der Waals surface area (Å²) in [6.07, 6.45) is -4.49. The van der Waals surface area contributed by atoms with Gasteiger partial charge in [-0.05, 0) is 57.8 Å². The lowest BCUT2D eigenvalue weighted by Crippen LogP contribution is -2.41. The average molecular weight is 301 g/mol. The van der Waals surface area contributed by atoms with Gasteiger partial charge in [-0.1, -0.05) is 0 Å². The Hall–Kier alpha value is -1.21. The molecule has 1 aromatic carbocycles. The lowest BCUT2D eigenvalue weighted by atomic mass is 9.75. The van der Waals surface area contributed by atoms with Gasteiger partial charge in [-0.15, -0.1) is 0 Å². The van der Waals surface area contributed by atoms with Crippen molar-refractivity contribution in [1.29, 1.82) is 0 Å². The van der Waals surface area contributed by atoms with Crippen molar-refractivity contribution in [1.82, 2.24) is 0 Å². The number of benzene rings is 1. The van der Waals surface area contributed by atoms with Crippen LogP contribution in [0.2, 0.25) is 0 Å². The van der Waals surface area contributed by atoms with Crippen molar-refractivity contribution in [3.63, 3.8) is 0 Å². The predicted octanol–water partition coefficient (Wildman–Crippen LogP) is 2.90. The molecule has 2 rings (SSSR count). The van der Waals surface area contributed by atoms with Gasteiger partial charge in [-0.25, -0.2) is 0 Å². The summed E-state index contributed by atoms with van der Waals surface area (Å²) in [4.78, 5) is 0. The molecule has 0 unspecified atom stereocenters. The molecule has 0 aromatic heterocycles. The van der Waals surface area contributed by atoms with Crippen molar-refractivity contribution >= 4 is 18.3 Å². The molecule has 1 aliphatic heterocycles. The molecule has 0 saturated carbocycles. The first-order chi connectivity index (χ1) is 9.35. The maximum Gasteiger partial charge on any atom is 0.495 e. The van der Waals surface area contributed by atoms with Gasteiger partial charge in [0.2, 0.25) is 0 Å². The van der Waals surface area contributed by atoms with Crippen LogP contribution in [0.3, 0.4) is 0 Å². The third-order valence-electron chi connectivity index (χ3n) is 4.25. The highest BCUT2D eigenvalue weighted by atomic mass is 19.4. The zero-order chi connectivity index (χ0) is 16.2. The minimum Gasteiger partial charge on any atom is -0.399 e. The van der Waals surface area contributed by atoms with Crippen molar-refractivity contribution in [2.75, 3.05) is 5.73 Å². The fourth-order valence-corrected chi connectivity index (χ4v) is 2.15. The number of anilines is 1. The van der Waals surface area contributed by atoms with Gasteiger partial charge in [0.05, 0.1) is 16.8 Å². The van der Waals surface area contributed by atoms with Crippen LogP contribution in [0.15, 0.2) is 12.1 Å². The van der Waals surface area contributed by atoms with Crippen LogP contribution in [0.1, 0.15) is 38.8 Å². The number of hydrogen-bond donors (Lipinski definition) is 1. The summed E-state index contributed by atoms with van der Waals surface area (Å²) in [5.74, 6) is 0. The molecule has 1 saturated heterocycles. The number of nitrogen functional groups attached to an aromatic ring is 1. The van der Waals surface area contributed by atoms with Crippen LogP contribution in [0, 0.1) is 6.92 Å². The Morgan fingerprint density at radius 3 is 1.95 bits per heavy atom. The van der Waals surface area contributed by atoms with Crippen molar-refractivity contribution in [3.8, 4) is 0 Å². The molecule has 0 bridgehead atoms. The summed E-state index contributed by atoms with van der Waals surface area (Å²) in [6, 6.07) is 2.33. The number of hydrogen-bond acceptors (Lipinski definition) is 3. The highest BCUT2D eigenvalue weighted by molar-refractivity contribution is 6.62. The van der Waals surface area contributed by atoms with Crippen molar-refractivity contribution < 1.29 is 22.5 Å². The molecule has 3 nitrogen and oxygen atoms in total. The molecule has 1 fully saturated rings. The minimum atomic E-state index is -4.49. The Labute approximate surface area is 122 Å². The second kappa shape index (κ2) is 4.65. The molecule has 21 heavy (non-hydrogen) atoms. The molecule has 1 aliphatic rings. The molecular formula is C14H19BF3NO2. The molecule has 0 spiro atoms. The molecule has 7 heteroatoms. The van der Waals surface area contributed by atoms with Gasteiger partial charge >= 0.3 is 13.3 Å². The second-order valence-corrected chi connectivity index (χ2v) is 6.38. The minimum absolute atomic E-state index is 0.0794. The van der Waals surface area contributed by atoms with E-state index in [4.69, 9.17) is 15.0 Å². The Morgan fingerprint density at radius 1 is 1.05 bits per heavy atom. The SMILES string of the molecule is Cc1cc(C(F)(F)F)c(B2OC(C)(C)C(C)(C)O2)cc1N. The van der Waals surface area contributed by atoms with Gasteiger partial charge in [0.1, 0.15) is 0 Å². The maximum atomic E-state index is 13.2. The van der Waals surface area contributed by atoms with E-state index >= 15 is 0 Å². The topological polar surface area (TPSA) is 44.5 Å². The van der Waals surface area contributed by atoms with E-state index in [0.717, 1.165) is 6.07 Å². The molecule has 1 heterocycles. The standard InChI is InChI=1S/C14H19BF3NO2/c1-8-6-9(14(16,17)18)10(7-11(8)19)15-20-12(2,3)13(4,5)21-15/h6-7H,19H2,1-5H3. The molecule has 0 radical (unpaired) electrons. The number of halogens is 3. The van der Waals surface area contributed by atoms with E-state index in [1.807, 2.05) is 0 Å². The first-order valence-electron chi connectivity index (χ1n) is 6.68. The monoisotopic (exact) mass is 301 g/mol. The predicted molar refractivity (Wildman–Crippen MR) is 76.3 cm³/mol. The van der Waals surface area contributed by atoms with E-state index in [1.54, 1.807) is 34.6 Å². The van der Waals surface area contributed by atoms with E-state index in [1.165, 1.54) is 6.07 Å². The molecule has 2 N–H and O–H groups in total. The van der Waals surface area contributed by atoms with E-state index in [9.17, 15) is 13.2 Å². The summed E-state index contributed by atoms with van der Waals surface area (Å²) in [7, 11) is -1.09. The van der Waals surface area contributed by atoms with Crippen molar-refractivity contribution in [3.05, 3.63) is 23.3 Å². The van der Waals surface area contributed by atoms with Crippen LogP contribution >= 0.6 is 0 Å². The van der Waals surface area contributed by atoms with Crippen LogP contribution in [0.25, 0.3) is 0 Å². The van der Waals surface area contributed by atoms with E-state index < -0.39 is 30.1 Å². The van der Waals surface area contributed by atoms with E-state index in [-0.39, 0.29) is 11.2 Å². The van der Waals surface area contributed by atoms with Crippen LogP contribution in [-0.4, -0.2) is 18.3 Å². The number of alkyl halides is 3. The highest BCUT2D eigenvalue weighted by Gasteiger charge is 2.53. The zero-order valence-electron chi connectivity index (χ0n) is 12.8. The normalized spacial score (nSPS) is 20.9. The van der Waals surface area contributed by atoms with Crippen LogP contribution in [0.4, 0.5) is 18.9 Å². The average Bonchev–Trinajstić information content (AvgIpc) is 2.50. The van der Waals surface area contributed by atoms with Gasteiger partial charge in [0.15, 0.2) is 0 Å². The Kier molecular flexibility index (Phi) is 3.58.